The molecule has 2 heterocycles. The first-order chi connectivity index (χ1) is 16.5. The quantitative estimate of drug-likeness (QED) is 0.554. The Bertz CT molecular complexity index is 965. The minimum atomic E-state index is -5.08. The molecule has 2 aliphatic heterocycles. The van der Waals surface area contributed by atoms with Crippen LogP contribution in [0.3, 0.4) is 0 Å². The molecule has 11 heteroatoms. The van der Waals surface area contributed by atoms with Gasteiger partial charge in [0.1, 0.15) is 0 Å². The predicted octanol–water partition coefficient (Wildman–Crippen LogP) is 2.44. The Morgan fingerprint density at radius 2 is 1.80 bits per heavy atom. The Kier molecular flexibility index (Phi) is 10.1. The molecule has 1 aromatic rings. The van der Waals surface area contributed by atoms with Crippen molar-refractivity contribution in [2.24, 2.45) is 5.73 Å². The third-order valence-corrected chi connectivity index (χ3v) is 5.92. The molecule has 4 N–H and O–H groups in total. The molecule has 2 amide bonds. The zero-order valence-electron chi connectivity index (χ0n) is 19.8. The zero-order valence-corrected chi connectivity index (χ0v) is 19.8. The molecule has 3 rings (SSSR count). The molecule has 2 atom stereocenters. The van der Waals surface area contributed by atoms with Gasteiger partial charge in [0, 0.05) is 43.3 Å². The number of piperidine rings is 1. The second kappa shape index (κ2) is 12.6. The summed E-state index contributed by atoms with van der Waals surface area (Å²) >= 11 is 0. The highest BCUT2D eigenvalue weighted by Gasteiger charge is 2.38. The highest BCUT2D eigenvalue weighted by Crippen LogP contribution is 2.38. The molecule has 0 radical (unpaired) electrons. The number of benzene rings is 1. The van der Waals surface area contributed by atoms with E-state index < -0.39 is 12.1 Å². The molecule has 0 spiro atoms. The number of fused-ring (bicyclic) bond motifs is 1. The first-order valence-corrected chi connectivity index (χ1v) is 11.4. The van der Waals surface area contributed by atoms with Crippen molar-refractivity contribution in [3.8, 4) is 11.8 Å². The molecule has 192 valence electrons. The van der Waals surface area contributed by atoms with Crippen LogP contribution in [0.4, 0.5) is 18.9 Å². The largest absolute Gasteiger partial charge is 0.490 e. The van der Waals surface area contributed by atoms with Crippen LogP contribution in [0.25, 0.3) is 0 Å². The number of carboxylic acid groups (broad SMARTS) is 1. The van der Waals surface area contributed by atoms with Crippen LogP contribution >= 0.6 is 0 Å². The fraction of sp³-hybridized carbons (Fsp3) is 0.542. The Morgan fingerprint density at radius 3 is 2.34 bits per heavy atom. The summed E-state index contributed by atoms with van der Waals surface area (Å²) in [5, 5.41) is 10.9. The molecule has 8 nitrogen and oxygen atoms in total. The molecule has 0 saturated carbocycles. The van der Waals surface area contributed by atoms with Crippen molar-refractivity contribution < 1.29 is 32.7 Å². The van der Waals surface area contributed by atoms with Gasteiger partial charge in [-0.15, -0.1) is 0 Å². The van der Waals surface area contributed by atoms with Gasteiger partial charge in [-0.1, -0.05) is 31.0 Å². The number of nitrogens with zero attached hydrogens (tertiary/aromatic N) is 2. The number of carboxylic acids is 1. The number of nitrogens with two attached hydrogens (primary N) is 1. The third kappa shape index (κ3) is 7.70. The van der Waals surface area contributed by atoms with Crippen LogP contribution in [0.2, 0.25) is 0 Å². The lowest BCUT2D eigenvalue weighted by atomic mass is 9.90. The Labute approximate surface area is 202 Å². The summed E-state index contributed by atoms with van der Waals surface area (Å²) in [5.74, 6) is 2.52. The maximum atomic E-state index is 12.5. The molecule has 1 aromatic carbocycles. The van der Waals surface area contributed by atoms with Crippen molar-refractivity contribution in [1.82, 2.24) is 10.2 Å². The lowest BCUT2D eigenvalue weighted by Gasteiger charge is -2.42. The minimum absolute atomic E-state index is 0.130. The summed E-state index contributed by atoms with van der Waals surface area (Å²) in [6, 6.07) is 8.93. The van der Waals surface area contributed by atoms with Gasteiger partial charge in [0.05, 0.1) is 6.54 Å². The molecule has 1 fully saturated rings. The summed E-state index contributed by atoms with van der Waals surface area (Å²) in [5.41, 5.74) is 7.55. The van der Waals surface area contributed by atoms with Crippen LogP contribution in [0, 0.1) is 11.8 Å². The number of hydrogen-bond donors (Lipinski definition) is 3. The Hall–Kier alpha value is -3.10. The van der Waals surface area contributed by atoms with Gasteiger partial charge in [-0.05, 0) is 43.7 Å². The fourth-order valence-corrected chi connectivity index (χ4v) is 4.26. The van der Waals surface area contributed by atoms with Gasteiger partial charge in [0.15, 0.2) is 0 Å². The summed E-state index contributed by atoms with van der Waals surface area (Å²) in [4.78, 5) is 37.1. The molecule has 0 aliphatic carbocycles. The normalized spacial score (nSPS) is 20.1. The van der Waals surface area contributed by atoms with Gasteiger partial charge in [-0.25, -0.2) is 4.79 Å². The van der Waals surface area contributed by atoms with Gasteiger partial charge < -0.3 is 26.0 Å². The first-order valence-electron chi connectivity index (χ1n) is 11.4. The number of aliphatic carboxylic acids is 1. The molecule has 0 aromatic heterocycles. The van der Waals surface area contributed by atoms with E-state index in [1.54, 1.807) is 4.90 Å². The van der Waals surface area contributed by atoms with E-state index in [4.69, 9.17) is 15.6 Å². The van der Waals surface area contributed by atoms with Gasteiger partial charge >= 0.3 is 12.1 Å². The molecule has 0 bridgehead atoms. The maximum absolute atomic E-state index is 12.5. The van der Waals surface area contributed by atoms with Gasteiger partial charge in [-0.2, -0.15) is 13.2 Å². The van der Waals surface area contributed by atoms with Gasteiger partial charge in [-0.3, -0.25) is 9.59 Å². The summed E-state index contributed by atoms with van der Waals surface area (Å²) in [6.45, 7) is 5.66. The average Bonchev–Trinajstić information content (AvgIpc) is 2.82. The van der Waals surface area contributed by atoms with Crippen LogP contribution in [0.5, 0.6) is 0 Å². The van der Waals surface area contributed by atoms with Crippen molar-refractivity contribution in [3.63, 3.8) is 0 Å². The molecule has 0 unspecified atom stereocenters. The monoisotopic (exact) mass is 496 g/mol. The molecular weight excluding hydrogens is 465 g/mol. The summed E-state index contributed by atoms with van der Waals surface area (Å²) in [6.07, 6.45) is -1.87. The van der Waals surface area contributed by atoms with E-state index in [2.05, 4.69) is 30.1 Å². The lowest BCUT2D eigenvalue weighted by Crippen LogP contribution is -2.49. The van der Waals surface area contributed by atoms with Gasteiger partial charge in [0.2, 0.25) is 5.91 Å². The molecule has 1 saturated heterocycles. The number of anilines is 1. The van der Waals surface area contributed by atoms with Crippen molar-refractivity contribution in [1.29, 1.82) is 0 Å². The molecular formula is C24H31F3N4O4. The van der Waals surface area contributed by atoms with Crippen molar-refractivity contribution in [2.75, 3.05) is 24.5 Å². The number of amides is 2. The number of nitrogens with one attached hydrogen (secondary N) is 1. The van der Waals surface area contributed by atoms with E-state index in [1.807, 2.05) is 30.0 Å². The van der Waals surface area contributed by atoms with Crippen LogP contribution in [-0.4, -0.2) is 65.7 Å². The van der Waals surface area contributed by atoms with Crippen LogP contribution in [-0.2, 0) is 14.4 Å². The summed E-state index contributed by atoms with van der Waals surface area (Å²) in [7, 11) is 0. The number of carbonyl (C=O) groups is 3. The number of likely N-dealkylation sites (tertiary alicyclic amines) is 1. The van der Waals surface area contributed by atoms with E-state index in [-0.39, 0.29) is 30.4 Å². The highest BCUT2D eigenvalue weighted by molar-refractivity contribution is 5.95. The maximum Gasteiger partial charge on any atom is 0.490 e. The molecule has 35 heavy (non-hydrogen) atoms. The second-order valence-electron chi connectivity index (χ2n) is 8.36. The Balaban J connectivity index is 0.000000540. The number of carbonyl (C=O) groups excluding carboxylic acids is 2. The topological polar surface area (TPSA) is 116 Å². The van der Waals surface area contributed by atoms with Crippen LogP contribution < -0.4 is 16.0 Å². The van der Waals surface area contributed by atoms with Gasteiger partial charge in [0.25, 0.3) is 5.91 Å². The summed E-state index contributed by atoms with van der Waals surface area (Å²) < 4.78 is 31.7. The van der Waals surface area contributed by atoms with E-state index in [1.165, 1.54) is 5.56 Å². The Morgan fingerprint density at radius 1 is 1.20 bits per heavy atom. The zero-order chi connectivity index (χ0) is 26.2. The second-order valence-corrected chi connectivity index (χ2v) is 8.36. The van der Waals surface area contributed by atoms with E-state index in [0.717, 1.165) is 24.9 Å². The smallest absolute Gasteiger partial charge is 0.475 e. The highest BCUT2D eigenvalue weighted by atomic mass is 19.4. The molecule has 2 aliphatic rings. The SMILES string of the molecule is CCC(=O)N1c2ccccc2[C@H](NC2CCN(C(=O)C#CCN)CC2)C[C@@H]1C.O=C(O)C(F)(F)F. The number of halogens is 3. The fourth-order valence-electron chi connectivity index (χ4n) is 4.26. The van der Waals surface area contributed by atoms with Crippen molar-refractivity contribution in [2.45, 2.75) is 63.8 Å². The average molecular weight is 497 g/mol. The van der Waals surface area contributed by atoms with E-state index in [0.29, 0.717) is 25.6 Å². The lowest BCUT2D eigenvalue weighted by molar-refractivity contribution is -0.192. The number of para-hydroxylation sites is 1. The minimum Gasteiger partial charge on any atom is -0.475 e. The predicted molar refractivity (Wildman–Crippen MR) is 124 cm³/mol. The number of hydrogen-bond acceptors (Lipinski definition) is 5. The van der Waals surface area contributed by atoms with Crippen molar-refractivity contribution in [3.05, 3.63) is 29.8 Å². The number of alkyl halides is 3. The number of rotatable bonds is 3. The third-order valence-electron chi connectivity index (χ3n) is 5.92. The van der Waals surface area contributed by atoms with E-state index >= 15 is 0 Å². The van der Waals surface area contributed by atoms with Crippen molar-refractivity contribution >= 4 is 23.5 Å². The van der Waals surface area contributed by atoms with Crippen LogP contribution in [0.1, 0.15) is 51.1 Å². The van der Waals surface area contributed by atoms with E-state index in [9.17, 15) is 22.8 Å². The first kappa shape index (κ1) is 28.1. The standard InChI is InChI=1S/C22H30N4O2.C2HF3O2/c1-3-21(27)26-16(2)15-19(18-7-4-5-8-20(18)26)24-17-10-13-25(14-11-17)22(28)9-6-12-23;3-2(4,5)1(6)7/h4-5,7-8,16-17,19,24H,3,10-15,23H2,1-2H3;(H,6,7)/t16-,19+;/m0./s1. The van der Waals surface area contributed by atoms with Crippen LogP contribution in [0.15, 0.2) is 24.3 Å².